The van der Waals surface area contributed by atoms with Gasteiger partial charge in [0.05, 0.1) is 5.52 Å². The number of rotatable bonds is 4. The van der Waals surface area contributed by atoms with Gasteiger partial charge in [0.2, 0.25) is 0 Å². The minimum absolute atomic E-state index is 0.0924. The van der Waals surface area contributed by atoms with E-state index < -0.39 is 0 Å². The molecule has 1 unspecified atom stereocenters. The maximum atomic E-state index is 12.3. The van der Waals surface area contributed by atoms with Crippen molar-refractivity contribution in [2.45, 2.75) is 26.3 Å². The van der Waals surface area contributed by atoms with Gasteiger partial charge in [-0.1, -0.05) is 32.0 Å². The van der Waals surface area contributed by atoms with Crippen LogP contribution in [-0.4, -0.2) is 16.8 Å². The second-order valence-corrected chi connectivity index (χ2v) is 4.91. The number of aromatic nitrogens is 1. The molecule has 1 heterocycles. The summed E-state index contributed by atoms with van der Waals surface area (Å²) in [4.78, 5) is 16.5. The third-order valence-corrected chi connectivity index (χ3v) is 3.22. The minimum Gasteiger partial charge on any atom is -0.327 e. The van der Waals surface area contributed by atoms with Gasteiger partial charge >= 0.3 is 0 Å². The average molecular weight is 242 g/mol. The second kappa shape index (κ2) is 5.27. The Labute approximate surface area is 107 Å². The van der Waals surface area contributed by atoms with Gasteiger partial charge in [-0.05, 0) is 18.1 Å². The Hall–Kier alpha value is -1.74. The Morgan fingerprint density at radius 1 is 1.28 bits per heavy atom. The number of pyridine rings is 1. The summed E-state index contributed by atoms with van der Waals surface area (Å²) < 4.78 is 0. The molecule has 3 heteroatoms. The Balaban J connectivity index is 2.33. The van der Waals surface area contributed by atoms with E-state index in [4.69, 9.17) is 5.73 Å². The van der Waals surface area contributed by atoms with Gasteiger partial charge in [0, 0.05) is 29.6 Å². The van der Waals surface area contributed by atoms with E-state index in [0.717, 1.165) is 16.5 Å². The van der Waals surface area contributed by atoms with Crippen LogP contribution in [0.25, 0.3) is 10.9 Å². The fourth-order valence-corrected chi connectivity index (χ4v) is 1.91. The number of nitrogens with zero attached hydrogens (tertiary/aromatic N) is 1. The Morgan fingerprint density at radius 2 is 2.06 bits per heavy atom. The Kier molecular flexibility index (Phi) is 3.72. The van der Waals surface area contributed by atoms with Crippen molar-refractivity contribution >= 4 is 16.7 Å². The molecule has 0 amide bonds. The molecular weight excluding hydrogens is 224 g/mol. The number of hydrogen-bond donors (Lipinski definition) is 1. The predicted molar refractivity (Wildman–Crippen MR) is 73.5 cm³/mol. The van der Waals surface area contributed by atoms with Gasteiger partial charge in [-0.2, -0.15) is 0 Å². The molecule has 0 saturated heterocycles. The van der Waals surface area contributed by atoms with Crippen LogP contribution < -0.4 is 5.73 Å². The van der Waals surface area contributed by atoms with Crippen LogP contribution in [0.3, 0.4) is 0 Å². The SMILES string of the molecule is CC(C)C(N)CC(=O)c1cccc2ncccc12. The molecule has 0 spiro atoms. The number of carbonyl (C=O) groups is 1. The molecule has 1 aromatic heterocycles. The first-order valence-corrected chi connectivity index (χ1v) is 6.22. The van der Waals surface area contributed by atoms with Crippen LogP contribution in [0, 0.1) is 5.92 Å². The normalized spacial score (nSPS) is 12.9. The first-order chi connectivity index (χ1) is 8.59. The zero-order valence-electron chi connectivity index (χ0n) is 10.8. The molecule has 2 aromatic rings. The van der Waals surface area contributed by atoms with Crippen LogP contribution in [0.15, 0.2) is 36.5 Å². The Bertz CT molecular complexity index is 558. The first kappa shape index (κ1) is 12.7. The first-order valence-electron chi connectivity index (χ1n) is 6.22. The van der Waals surface area contributed by atoms with Crippen molar-refractivity contribution in [3.63, 3.8) is 0 Å². The fourth-order valence-electron chi connectivity index (χ4n) is 1.91. The van der Waals surface area contributed by atoms with E-state index in [1.54, 1.807) is 6.20 Å². The summed E-state index contributed by atoms with van der Waals surface area (Å²) in [5.74, 6) is 0.400. The molecule has 0 aliphatic rings. The molecule has 0 fully saturated rings. The minimum atomic E-state index is -0.0931. The lowest BCUT2D eigenvalue weighted by molar-refractivity contribution is 0.0969. The molecule has 0 aliphatic carbocycles. The smallest absolute Gasteiger partial charge is 0.165 e. The molecular formula is C15H18N2O. The van der Waals surface area contributed by atoms with Crippen molar-refractivity contribution in [1.29, 1.82) is 0 Å². The number of carbonyl (C=O) groups excluding carboxylic acids is 1. The molecule has 1 aromatic carbocycles. The highest BCUT2D eigenvalue weighted by Gasteiger charge is 2.16. The highest BCUT2D eigenvalue weighted by Crippen LogP contribution is 2.19. The van der Waals surface area contributed by atoms with Crippen molar-refractivity contribution in [1.82, 2.24) is 4.98 Å². The van der Waals surface area contributed by atoms with Crippen LogP contribution in [-0.2, 0) is 0 Å². The van der Waals surface area contributed by atoms with Crippen LogP contribution in [0.4, 0.5) is 0 Å². The van der Waals surface area contributed by atoms with Gasteiger partial charge in [0.25, 0.3) is 0 Å². The standard InChI is InChI=1S/C15H18N2O/c1-10(2)13(16)9-15(18)12-5-3-7-14-11(12)6-4-8-17-14/h3-8,10,13H,9,16H2,1-2H3. The van der Waals surface area contributed by atoms with Gasteiger partial charge in [-0.25, -0.2) is 0 Å². The summed E-state index contributed by atoms with van der Waals surface area (Å²) >= 11 is 0. The number of fused-ring (bicyclic) bond motifs is 1. The van der Waals surface area contributed by atoms with E-state index in [2.05, 4.69) is 4.98 Å². The summed E-state index contributed by atoms with van der Waals surface area (Å²) in [5.41, 5.74) is 7.53. The number of nitrogens with two attached hydrogens (primary N) is 1. The molecule has 3 nitrogen and oxygen atoms in total. The van der Waals surface area contributed by atoms with Gasteiger partial charge in [-0.15, -0.1) is 0 Å². The van der Waals surface area contributed by atoms with Crippen LogP contribution in [0.5, 0.6) is 0 Å². The maximum absolute atomic E-state index is 12.3. The van der Waals surface area contributed by atoms with E-state index in [9.17, 15) is 4.79 Å². The number of benzene rings is 1. The molecule has 0 aliphatic heterocycles. The summed E-state index contributed by atoms with van der Waals surface area (Å²) in [5, 5.41) is 0.904. The lowest BCUT2D eigenvalue weighted by Gasteiger charge is -2.15. The van der Waals surface area contributed by atoms with Crippen molar-refractivity contribution in [2.24, 2.45) is 11.7 Å². The largest absolute Gasteiger partial charge is 0.327 e. The number of ketones is 1. The van der Waals surface area contributed by atoms with Gasteiger partial charge in [0.1, 0.15) is 0 Å². The zero-order chi connectivity index (χ0) is 13.1. The summed E-state index contributed by atoms with van der Waals surface area (Å²) in [6, 6.07) is 9.30. The van der Waals surface area contributed by atoms with Gasteiger partial charge < -0.3 is 5.73 Å². The quantitative estimate of drug-likeness (QED) is 0.839. The average Bonchev–Trinajstić information content (AvgIpc) is 2.37. The predicted octanol–water partition coefficient (Wildman–Crippen LogP) is 2.79. The molecule has 2 N–H and O–H groups in total. The van der Waals surface area contributed by atoms with Crippen molar-refractivity contribution in [3.8, 4) is 0 Å². The highest BCUT2D eigenvalue weighted by atomic mass is 16.1. The second-order valence-electron chi connectivity index (χ2n) is 4.91. The lowest BCUT2D eigenvalue weighted by atomic mass is 9.95. The van der Waals surface area contributed by atoms with Crippen LogP contribution >= 0.6 is 0 Å². The number of hydrogen-bond acceptors (Lipinski definition) is 3. The molecule has 1 atom stereocenters. The van der Waals surface area contributed by atoms with Crippen molar-refractivity contribution in [3.05, 3.63) is 42.1 Å². The topological polar surface area (TPSA) is 56.0 Å². The molecule has 18 heavy (non-hydrogen) atoms. The highest BCUT2D eigenvalue weighted by molar-refractivity contribution is 6.07. The van der Waals surface area contributed by atoms with Crippen LogP contribution in [0.2, 0.25) is 0 Å². The summed E-state index contributed by atoms with van der Waals surface area (Å²) in [6.45, 7) is 4.06. The molecule has 94 valence electrons. The third kappa shape index (κ3) is 2.57. The van der Waals surface area contributed by atoms with E-state index in [1.807, 2.05) is 44.2 Å². The molecule has 0 saturated carbocycles. The summed E-state index contributed by atoms with van der Waals surface area (Å²) in [6.07, 6.45) is 2.11. The van der Waals surface area contributed by atoms with Crippen molar-refractivity contribution < 1.29 is 4.79 Å². The van der Waals surface area contributed by atoms with Gasteiger partial charge in [0.15, 0.2) is 5.78 Å². The monoisotopic (exact) mass is 242 g/mol. The van der Waals surface area contributed by atoms with Gasteiger partial charge in [-0.3, -0.25) is 9.78 Å². The summed E-state index contributed by atoms with van der Waals surface area (Å²) in [7, 11) is 0. The van der Waals surface area contributed by atoms with E-state index >= 15 is 0 Å². The molecule has 0 radical (unpaired) electrons. The van der Waals surface area contributed by atoms with Crippen LogP contribution in [0.1, 0.15) is 30.6 Å². The lowest BCUT2D eigenvalue weighted by Crippen LogP contribution is -2.29. The van der Waals surface area contributed by atoms with E-state index in [1.165, 1.54) is 0 Å². The number of Topliss-reactive ketones (excluding diaryl/α,β-unsaturated/α-hetero) is 1. The molecule has 2 rings (SSSR count). The van der Waals surface area contributed by atoms with E-state index in [-0.39, 0.29) is 11.8 Å². The van der Waals surface area contributed by atoms with Crippen molar-refractivity contribution in [2.75, 3.05) is 0 Å². The third-order valence-electron chi connectivity index (χ3n) is 3.22. The maximum Gasteiger partial charge on any atom is 0.165 e. The fraction of sp³-hybridized carbons (Fsp3) is 0.333. The zero-order valence-corrected chi connectivity index (χ0v) is 10.8. The van der Waals surface area contributed by atoms with E-state index in [0.29, 0.717) is 12.3 Å². The Morgan fingerprint density at radius 3 is 2.78 bits per heavy atom. The molecule has 0 bridgehead atoms.